The quantitative estimate of drug-likeness (QED) is 0.711. The highest BCUT2D eigenvalue weighted by Gasteiger charge is 2.16. The lowest BCUT2D eigenvalue weighted by Crippen LogP contribution is -2.37. The Morgan fingerprint density at radius 3 is 2.52 bits per heavy atom. The highest BCUT2D eigenvalue weighted by atomic mass is 35.5. The number of halogens is 1. The fourth-order valence-electron chi connectivity index (χ4n) is 2.98. The number of rotatable bonds is 4. The zero-order valence-corrected chi connectivity index (χ0v) is 15.9. The molecule has 0 amide bonds. The van der Waals surface area contributed by atoms with Gasteiger partial charge in [0.1, 0.15) is 5.82 Å². The predicted molar refractivity (Wildman–Crippen MR) is 110 cm³/mol. The Bertz CT molecular complexity index is 927. The smallest absolute Gasteiger partial charge is 0.228 e. The van der Waals surface area contributed by atoms with Crippen molar-refractivity contribution < 1.29 is 4.74 Å². The largest absolute Gasteiger partial charge is 0.378 e. The summed E-state index contributed by atoms with van der Waals surface area (Å²) < 4.78 is 5.46. The van der Waals surface area contributed by atoms with Gasteiger partial charge in [0, 0.05) is 35.4 Å². The van der Waals surface area contributed by atoms with E-state index in [9.17, 15) is 0 Å². The Morgan fingerprint density at radius 1 is 1.00 bits per heavy atom. The van der Waals surface area contributed by atoms with E-state index in [1.165, 1.54) is 0 Å². The second-order valence-electron chi connectivity index (χ2n) is 6.49. The molecule has 138 valence electrons. The first-order valence-corrected chi connectivity index (χ1v) is 9.37. The van der Waals surface area contributed by atoms with Crippen LogP contribution in [0.2, 0.25) is 5.02 Å². The number of benzene rings is 2. The third-order valence-corrected chi connectivity index (χ3v) is 4.93. The molecule has 1 N–H and O–H groups in total. The van der Waals surface area contributed by atoms with Crippen molar-refractivity contribution in [1.29, 1.82) is 0 Å². The van der Waals surface area contributed by atoms with Gasteiger partial charge in [-0.05, 0) is 24.6 Å². The van der Waals surface area contributed by atoms with Crippen molar-refractivity contribution in [2.75, 3.05) is 36.5 Å². The van der Waals surface area contributed by atoms with Gasteiger partial charge < -0.3 is 15.0 Å². The molecule has 1 saturated heterocycles. The first kappa shape index (κ1) is 17.8. The van der Waals surface area contributed by atoms with Crippen molar-refractivity contribution >= 4 is 29.1 Å². The Morgan fingerprint density at radius 2 is 1.78 bits per heavy atom. The zero-order valence-electron chi connectivity index (χ0n) is 15.2. The van der Waals surface area contributed by atoms with Crippen LogP contribution in [0.1, 0.15) is 5.56 Å². The van der Waals surface area contributed by atoms with Crippen LogP contribution in [0.4, 0.5) is 17.5 Å². The number of morpholine rings is 1. The molecule has 4 rings (SSSR count). The maximum absolute atomic E-state index is 6.27. The van der Waals surface area contributed by atoms with E-state index in [4.69, 9.17) is 26.3 Å². The van der Waals surface area contributed by atoms with E-state index >= 15 is 0 Å². The van der Waals surface area contributed by atoms with E-state index in [0.29, 0.717) is 19.2 Å². The molecular weight excluding hydrogens is 360 g/mol. The third-order valence-electron chi connectivity index (χ3n) is 4.52. The minimum atomic E-state index is 0.690. The molecule has 1 aliphatic rings. The van der Waals surface area contributed by atoms with Gasteiger partial charge in [-0.15, -0.1) is 0 Å². The summed E-state index contributed by atoms with van der Waals surface area (Å²) in [6, 6.07) is 18.0. The molecule has 0 unspecified atom stereocenters. The number of ether oxygens (including phenoxy) is 1. The lowest BCUT2D eigenvalue weighted by atomic mass is 10.1. The van der Waals surface area contributed by atoms with Crippen LogP contribution in [0.15, 0.2) is 54.6 Å². The summed E-state index contributed by atoms with van der Waals surface area (Å²) in [5.74, 6) is 1.45. The number of aromatic nitrogens is 2. The standard InChI is InChI=1S/C21H21ClN4O/c1-15-7-8-17(13-18(15)22)23-20-14-19(16-5-3-2-4-6-16)24-21(25-20)26-9-11-27-12-10-26/h2-8,13-14H,9-12H2,1H3,(H,23,24,25). The molecule has 6 heteroatoms. The maximum atomic E-state index is 6.27. The highest BCUT2D eigenvalue weighted by Crippen LogP contribution is 2.27. The maximum Gasteiger partial charge on any atom is 0.228 e. The van der Waals surface area contributed by atoms with Crippen molar-refractivity contribution in [3.8, 4) is 11.3 Å². The molecule has 5 nitrogen and oxygen atoms in total. The summed E-state index contributed by atoms with van der Waals surface area (Å²) in [4.78, 5) is 11.7. The SMILES string of the molecule is Cc1ccc(Nc2cc(-c3ccccc3)nc(N3CCOCC3)n2)cc1Cl. The van der Waals surface area contributed by atoms with E-state index < -0.39 is 0 Å². The van der Waals surface area contributed by atoms with Gasteiger partial charge in [0.2, 0.25) is 5.95 Å². The molecule has 27 heavy (non-hydrogen) atoms. The summed E-state index contributed by atoms with van der Waals surface area (Å²) in [7, 11) is 0. The third kappa shape index (κ3) is 4.21. The van der Waals surface area contributed by atoms with Crippen LogP contribution in [-0.2, 0) is 4.74 Å². The number of anilines is 3. The Labute approximate surface area is 164 Å². The van der Waals surface area contributed by atoms with Gasteiger partial charge in [-0.1, -0.05) is 48.0 Å². The van der Waals surface area contributed by atoms with Gasteiger partial charge in [-0.3, -0.25) is 0 Å². The molecule has 3 aromatic rings. The van der Waals surface area contributed by atoms with Crippen molar-refractivity contribution in [2.45, 2.75) is 6.92 Å². The van der Waals surface area contributed by atoms with Gasteiger partial charge >= 0.3 is 0 Å². The van der Waals surface area contributed by atoms with Crippen molar-refractivity contribution in [3.63, 3.8) is 0 Å². The van der Waals surface area contributed by atoms with Crippen LogP contribution in [0.5, 0.6) is 0 Å². The minimum absolute atomic E-state index is 0.690. The van der Waals surface area contributed by atoms with Crippen molar-refractivity contribution in [3.05, 3.63) is 65.2 Å². The minimum Gasteiger partial charge on any atom is -0.378 e. The van der Waals surface area contributed by atoms with Crippen LogP contribution in [0, 0.1) is 6.92 Å². The fraction of sp³-hybridized carbons (Fsp3) is 0.238. The summed E-state index contributed by atoms with van der Waals surface area (Å²) in [5, 5.41) is 4.10. The number of hydrogen-bond donors (Lipinski definition) is 1. The van der Waals surface area contributed by atoms with Crippen LogP contribution in [0.3, 0.4) is 0 Å². The molecule has 0 radical (unpaired) electrons. The average Bonchev–Trinajstić information content (AvgIpc) is 2.72. The van der Waals surface area contributed by atoms with Crippen molar-refractivity contribution in [2.24, 2.45) is 0 Å². The number of hydrogen-bond acceptors (Lipinski definition) is 5. The van der Waals surface area contributed by atoms with Crippen molar-refractivity contribution in [1.82, 2.24) is 9.97 Å². The summed E-state index contributed by atoms with van der Waals surface area (Å²) in [6.45, 7) is 4.94. The lowest BCUT2D eigenvalue weighted by Gasteiger charge is -2.27. The molecule has 1 aromatic heterocycles. The van der Waals surface area contributed by atoms with Gasteiger partial charge in [0.25, 0.3) is 0 Å². The molecule has 2 heterocycles. The van der Waals surface area contributed by atoms with Crippen LogP contribution >= 0.6 is 11.6 Å². The zero-order chi connectivity index (χ0) is 18.6. The van der Waals surface area contributed by atoms with Crippen LogP contribution in [0.25, 0.3) is 11.3 Å². The molecule has 2 aromatic carbocycles. The number of aryl methyl sites for hydroxylation is 1. The van der Waals surface area contributed by atoms with Crippen LogP contribution in [-0.4, -0.2) is 36.3 Å². The average molecular weight is 381 g/mol. The van der Waals surface area contributed by atoms with Gasteiger partial charge in [0.15, 0.2) is 0 Å². The van der Waals surface area contributed by atoms with Gasteiger partial charge in [-0.2, -0.15) is 4.98 Å². The molecule has 0 atom stereocenters. The van der Waals surface area contributed by atoms with E-state index in [2.05, 4.69) is 22.3 Å². The molecule has 0 saturated carbocycles. The second kappa shape index (κ2) is 7.94. The molecule has 0 spiro atoms. The highest BCUT2D eigenvalue weighted by molar-refractivity contribution is 6.31. The topological polar surface area (TPSA) is 50.3 Å². The number of nitrogens with zero attached hydrogens (tertiary/aromatic N) is 3. The predicted octanol–water partition coefficient (Wildman–Crippen LogP) is 4.69. The number of nitrogens with one attached hydrogen (secondary N) is 1. The van der Waals surface area contributed by atoms with Gasteiger partial charge in [-0.25, -0.2) is 4.98 Å². The molecule has 0 aliphatic carbocycles. The first-order valence-electron chi connectivity index (χ1n) is 8.99. The summed E-state index contributed by atoms with van der Waals surface area (Å²) in [5.41, 5.74) is 3.88. The Hall–Kier alpha value is -2.63. The molecule has 0 bridgehead atoms. The van der Waals surface area contributed by atoms with Crippen LogP contribution < -0.4 is 10.2 Å². The van der Waals surface area contributed by atoms with E-state index in [-0.39, 0.29) is 0 Å². The monoisotopic (exact) mass is 380 g/mol. The molecule has 1 aliphatic heterocycles. The fourth-order valence-corrected chi connectivity index (χ4v) is 3.16. The van der Waals surface area contributed by atoms with E-state index in [0.717, 1.165) is 46.4 Å². The van der Waals surface area contributed by atoms with Gasteiger partial charge in [0.05, 0.1) is 18.9 Å². The first-order chi connectivity index (χ1) is 13.2. The van der Waals surface area contributed by atoms with E-state index in [1.54, 1.807) is 0 Å². The second-order valence-corrected chi connectivity index (χ2v) is 6.90. The molecule has 1 fully saturated rings. The summed E-state index contributed by atoms with van der Waals surface area (Å²) >= 11 is 6.27. The van der Waals surface area contributed by atoms with E-state index in [1.807, 2.05) is 49.4 Å². The normalized spacial score (nSPS) is 14.2. The molecular formula is C21H21ClN4O. The Kier molecular flexibility index (Phi) is 5.23. The Balaban J connectivity index is 1.71. The lowest BCUT2D eigenvalue weighted by molar-refractivity contribution is 0.122. The summed E-state index contributed by atoms with van der Waals surface area (Å²) in [6.07, 6.45) is 0.